The van der Waals surface area contributed by atoms with Gasteiger partial charge >= 0.3 is 0 Å². The number of fused-ring (bicyclic) bond motifs is 1. The van der Waals surface area contributed by atoms with Crippen molar-refractivity contribution >= 4 is 33.2 Å². The monoisotopic (exact) mass is 315 g/mol. The van der Waals surface area contributed by atoms with Crippen LogP contribution < -0.4 is 0 Å². The van der Waals surface area contributed by atoms with Crippen LogP contribution in [0.4, 0.5) is 0 Å². The van der Waals surface area contributed by atoms with Crippen molar-refractivity contribution in [3.8, 4) is 0 Å². The van der Waals surface area contributed by atoms with Gasteiger partial charge in [-0.3, -0.25) is 4.90 Å². The molecule has 0 aliphatic heterocycles. The summed E-state index contributed by atoms with van der Waals surface area (Å²) in [5.74, 6) is 0.733. The molecule has 0 fully saturated rings. The third kappa shape index (κ3) is 4.10. The third-order valence-electron chi connectivity index (χ3n) is 2.91. The standard InChI is InChI=1S/C13H18ClN3O2S/c1-18-6-4-17(5-7-19-2)9-11-15-12(14)10-3-8-20-13(10)16-11/h3,8H,4-7,9H2,1-2H3. The molecule has 0 amide bonds. The normalized spacial score (nSPS) is 11.6. The lowest BCUT2D eigenvalue weighted by molar-refractivity contribution is 0.109. The quantitative estimate of drug-likeness (QED) is 0.700. The Kier molecular flexibility index (Phi) is 6.12. The molecule has 5 nitrogen and oxygen atoms in total. The Balaban J connectivity index is 2.09. The van der Waals surface area contributed by atoms with Crippen LogP contribution in [0.2, 0.25) is 5.15 Å². The summed E-state index contributed by atoms with van der Waals surface area (Å²) in [5, 5.41) is 3.41. The van der Waals surface area contributed by atoms with E-state index in [0.717, 1.165) is 29.1 Å². The second kappa shape index (κ2) is 7.85. The molecule has 7 heteroatoms. The zero-order chi connectivity index (χ0) is 14.4. The van der Waals surface area contributed by atoms with Crippen LogP contribution in [0.5, 0.6) is 0 Å². The number of hydrogen-bond acceptors (Lipinski definition) is 6. The third-order valence-corrected chi connectivity index (χ3v) is 4.01. The molecule has 0 aromatic carbocycles. The number of thiophene rings is 1. The van der Waals surface area contributed by atoms with E-state index in [2.05, 4.69) is 14.9 Å². The lowest BCUT2D eigenvalue weighted by Crippen LogP contribution is -2.31. The molecule has 0 unspecified atom stereocenters. The highest BCUT2D eigenvalue weighted by molar-refractivity contribution is 7.16. The Morgan fingerprint density at radius 1 is 1.20 bits per heavy atom. The molecule has 0 atom stereocenters. The van der Waals surface area contributed by atoms with Gasteiger partial charge in [-0.15, -0.1) is 11.3 Å². The molecule has 0 saturated carbocycles. The number of ether oxygens (including phenoxy) is 2. The van der Waals surface area contributed by atoms with Gasteiger partial charge in [0.2, 0.25) is 0 Å². The number of methoxy groups -OCH3 is 2. The maximum atomic E-state index is 6.18. The first kappa shape index (κ1) is 15.6. The Hall–Kier alpha value is -0.790. The molecule has 0 aliphatic rings. The van der Waals surface area contributed by atoms with Gasteiger partial charge in [0.05, 0.1) is 19.8 Å². The minimum Gasteiger partial charge on any atom is -0.383 e. The van der Waals surface area contributed by atoms with Crippen molar-refractivity contribution in [1.82, 2.24) is 14.9 Å². The van der Waals surface area contributed by atoms with E-state index in [4.69, 9.17) is 21.1 Å². The minimum atomic E-state index is 0.518. The summed E-state index contributed by atoms with van der Waals surface area (Å²) >= 11 is 7.76. The number of hydrogen-bond donors (Lipinski definition) is 0. The van der Waals surface area contributed by atoms with Crippen molar-refractivity contribution in [2.75, 3.05) is 40.5 Å². The van der Waals surface area contributed by atoms with Crippen LogP contribution in [-0.2, 0) is 16.0 Å². The molecule has 2 aromatic rings. The molecule has 2 heterocycles. The first-order valence-corrected chi connectivity index (χ1v) is 7.60. The highest BCUT2D eigenvalue weighted by Gasteiger charge is 2.11. The topological polar surface area (TPSA) is 47.5 Å². The van der Waals surface area contributed by atoms with E-state index in [0.29, 0.717) is 24.9 Å². The average molecular weight is 316 g/mol. The van der Waals surface area contributed by atoms with Gasteiger partial charge in [0, 0.05) is 32.7 Å². The van der Waals surface area contributed by atoms with Crippen molar-refractivity contribution in [3.63, 3.8) is 0 Å². The maximum Gasteiger partial charge on any atom is 0.145 e. The number of aromatic nitrogens is 2. The molecular weight excluding hydrogens is 298 g/mol. The first-order chi connectivity index (χ1) is 9.74. The highest BCUT2D eigenvalue weighted by Crippen LogP contribution is 2.24. The van der Waals surface area contributed by atoms with Crippen LogP contribution in [0, 0.1) is 0 Å². The second-order valence-electron chi connectivity index (χ2n) is 4.33. The molecular formula is C13H18ClN3O2S. The van der Waals surface area contributed by atoms with Crippen LogP contribution in [0.25, 0.3) is 10.2 Å². The summed E-state index contributed by atoms with van der Waals surface area (Å²) in [6, 6.07) is 1.94. The predicted octanol–water partition coefficient (Wildman–Crippen LogP) is 2.44. The van der Waals surface area contributed by atoms with Crippen molar-refractivity contribution in [3.05, 3.63) is 22.4 Å². The number of nitrogens with zero attached hydrogens (tertiary/aromatic N) is 3. The highest BCUT2D eigenvalue weighted by atomic mass is 35.5. The fourth-order valence-electron chi connectivity index (χ4n) is 1.84. The molecule has 0 spiro atoms. The summed E-state index contributed by atoms with van der Waals surface area (Å²) in [6.07, 6.45) is 0. The van der Waals surface area contributed by atoms with Crippen LogP contribution in [0.1, 0.15) is 5.82 Å². The maximum absolute atomic E-state index is 6.18. The lowest BCUT2D eigenvalue weighted by Gasteiger charge is -2.20. The largest absolute Gasteiger partial charge is 0.383 e. The van der Waals surface area contributed by atoms with Crippen LogP contribution >= 0.6 is 22.9 Å². The molecule has 2 aromatic heterocycles. The van der Waals surface area contributed by atoms with Crippen molar-refractivity contribution in [2.45, 2.75) is 6.54 Å². The van der Waals surface area contributed by atoms with Crippen LogP contribution in [0.3, 0.4) is 0 Å². The van der Waals surface area contributed by atoms with Gasteiger partial charge in [-0.25, -0.2) is 9.97 Å². The van der Waals surface area contributed by atoms with Crippen molar-refractivity contribution < 1.29 is 9.47 Å². The zero-order valence-electron chi connectivity index (χ0n) is 11.6. The van der Waals surface area contributed by atoms with E-state index >= 15 is 0 Å². The van der Waals surface area contributed by atoms with Gasteiger partial charge in [0.1, 0.15) is 15.8 Å². The second-order valence-corrected chi connectivity index (χ2v) is 5.58. The fraction of sp³-hybridized carbons (Fsp3) is 0.538. The predicted molar refractivity (Wildman–Crippen MR) is 81.5 cm³/mol. The molecule has 0 radical (unpaired) electrons. The van der Waals surface area contributed by atoms with E-state index in [1.54, 1.807) is 25.6 Å². The summed E-state index contributed by atoms with van der Waals surface area (Å²) in [4.78, 5) is 12.0. The summed E-state index contributed by atoms with van der Waals surface area (Å²) in [6.45, 7) is 3.59. The summed E-state index contributed by atoms with van der Waals surface area (Å²) in [5.41, 5.74) is 0. The Bertz CT molecular complexity index is 541. The molecule has 110 valence electrons. The fourth-order valence-corrected chi connectivity index (χ4v) is 2.93. The van der Waals surface area contributed by atoms with Gasteiger partial charge in [-0.2, -0.15) is 0 Å². The van der Waals surface area contributed by atoms with Crippen molar-refractivity contribution in [1.29, 1.82) is 0 Å². The molecule has 0 aliphatic carbocycles. The first-order valence-electron chi connectivity index (χ1n) is 6.34. The Labute approximate surface area is 127 Å². The molecule has 20 heavy (non-hydrogen) atoms. The summed E-state index contributed by atoms with van der Waals surface area (Å²) in [7, 11) is 3.39. The van der Waals surface area contributed by atoms with Crippen LogP contribution in [-0.4, -0.2) is 55.4 Å². The van der Waals surface area contributed by atoms with Gasteiger partial charge < -0.3 is 9.47 Å². The van der Waals surface area contributed by atoms with Gasteiger partial charge in [0.15, 0.2) is 0 Å². The van der Waals surface area contributed by atoms with E-state index in [1.807, 2.05) is 11.4 Å². The van der Waals surface area contributed by atoms with Gasteiger partial charge in [-0.1, -0.05) is 11.6 Å². The lowest BCUT2D eigenvalue weighted by atomic mass is 10.4. The molecule has 0 bridgehead atoms. The van der Waals surface area contributed by atoms with Crippen LogP contribution in [0.15, 0.2) is 11.4 Å². The van der Waals surface area contributed by atoms with E-state index in [1.165, 1.54) is 0 Å². The van der Waals surface area contributed by atoms with E-state index < -0.39 is 0 Å². The SMILES string of the molecule is COCCN(CCOC)Cc1nc(Cl)c2ccsc2n1. The number of halogens is 1. The molecule has 0 saturated heterocycles. The number of rotatable bonds is 8. The van der Waals surface area contributed by atoms with E-state index in [9.17, 15) is 0 Å². The minimum absolute atomic E-state index is 0.518. The van der Waals surface area contributed by atoms with Crippen molar-refractivity contribution in [2.24, 2.45) is 0 Å². The zero-order valence-corrected chi connectivity index (χ0v) is 13.2. The van der Waals surface area contributed by atoms with Gasteiger partial charge in [0.25, 0.3) is 0 Å². The van der Waals surface area contributed by atoms with Gasteiger partial charge in [-0.05, 0) is 11.4 Å². The summed E-state index contributed by atoms with van der Waals surface area (Å²) < 4.78 is 10.2. The molecule has 0 N–H and O–H groups in total. The molecule has 2 rings (SSSR count). The Morgan fingerprint density at radius 3 is 2.55 bits per heavy atom. The smallest absolute Gasteiger partial charge is 0.145 e. The van der Waals surface area contributed by atoms with E-state index in [-0.39, 0.29) is 0 Å². The average Bonchev–Trinajstić information content (AvgIpc) is 2.90. The Morgan fingerprint density at radius 2 is 1.90 bits per heavy atom.